The van der Waals surface area contributed by atoms with Crippen molar-refractivity contribution in [1.29, 1.82) is 0 Å². The second kappa shape index (κ2) is 6.56. The van der Waals surface area contributed by atoms with Gasteiger partial charge in [0.15, 0.2) is 0 Å². The maximum Gasteiger partial charge on any atom is 0.338 e. The first-order valence-electron chi connectivity index (χ1n) is 5.41. The summed E-state index contributed by atoms with van der Waals surface area (Å²) in [6.45, 7) is 0. The molecule has 1 aromatic carbocycles. The number of para-hydroxylation sites is 1. The molecule has 0 aliphatic rings. The van der Waals surface area contributed by atoms with E-state index in [0.29, 0.717) is 20.2 Å². The lowest BCUT2D eigenvalue weighted by molar-refractivity contribution is -0.351. The average Bonchev–Trinajstić information content (AvgIpc) is 2.72. The largest absolute Gasteiger partial charge is 0.369 e. The van der Waals surface area contributed by atoms with Crippen molar-refractivity contribution < 1.29 is 4.98 Å². The Hall–Kier alpha value is -1.83. The molecular weight excluding hydrogens is 319 g/mol. The highest BCUT2D eigenvalue weighted by Gasteiger charge is 2.15. The smallest absolute Gasteiger partial charge is 0.338 e. The minimum absolute atomic E-state index is 0.118. The third kappa shape index (κ3) is 3.83. The molecule has 0 atom stereocenters. The van der Waals surface area contributed by atoms with Crippen LogP contribution in [0.15, 0.2) is 34.5 Å². The number of halogens is 2. The van der Waals surface area contributed by atoms with E-state index in [1.165, 1.54) is 17.6 Å². The van der Waals surface area contributed by atoms with Crippen molar-refractivity contribution in [2.45, 2.75) is 0 Å². The molecule has 0 spiro atoms. The molecular formula is C11H11Cl2N6S+. The molecule has 6 N–H and O–H groups in total. The molecule has 20 heavy (non-hydrogen) atoms. The Morgan fingerprint density at radius 3 is 2.75 bits per heavy atom. The van der Waals surface area contributed by atoms with Crippen molar-refractivity contribution in [3.05, 3.63) is 39.3 Å². The van der Waals surface area contributed by atoms with Crippen LogP contribution in [0.1, 0.15) is 4.88 Å². The predicted octanol–water partition coefficient (Wildman–Crippen LogP) is 2.22. The van der Waals surface area contributed by atoms with Gasteiger partial charge in [-0.1, -0.05) is 23.7 Å². The van der Waals surface area contributed by atoms with E-state index in [0.717, 1.165) is 5.69 Å². The first kappa shape index (κ1) is 14.6. The number of anilines is 2. The van der Waals surface area contributed by atoms with Gasteiger partial charge in [0.2, 0.25) is 11.1 Å². The van der Waals surface area contributed by atoms with Crippen LogP contribution in [0.3, 0.4) is 0 Å². The zero-order chi connectivity index (χ0) is 14.5. The monoisotopic (exact) mass is 329 g/mol. The Bertz CT molecular complexity index is 663. The molecule has 0 fully saturated rings. The van der Waals surface area contributed by atoms with Gasteiger partial charge in [-0.15, -0.1) is 5.10 Å². The zero-order valence-corrected chi connectivity index (χ0v) is 12.4. The molecule has 104 valence electrons. The molecule has 1 heterocycles. The van der Waals surface area contributed by atoms with Crippen LogP contribution in [-0.4, -0.2) is 12.2 Å². The number of benzene rings is 1. The number of nitrogens with one attached hydrogen (secondary N) is 2. The molecule has 2 aromatic rings. The number of thiazole rings is 1. The lowest BCUT2D eigenvalue weighted by atomic mass is 10.3. The number of guanidine groups is 1. The Morgan fingerprint density at radius 1 is 1.30 bits per heavy atom. The quantitative estimate of drug-likeness (QED) is 0.455. The standard InChI is InChI=1S/C11H10Cl2N6S/c12-6-3-1-2-4-7(6)17-11-18-9(13)8(20-11)5-16-19-10(14)15/h1-5H,(H,17,18)(H4,14,15,19)/p+1/b16-5+. The molecule has 2 rings (SSSR count). The van der Waals surface area contributed by atoms with Gasteiger partial charge in [0.1, 0.15) is 10.6 Å². The SMILES string of the molecule is NC(N)=N/N=C/c1sc(Nc2ccccc2Cl)[nH+]c1Cl. The van der Waals surface area contributed by atoms with Gasteiger partial charge in [-0.2, -0.15) is 5.10 Å². The fourth-order valence-electron chi connectivity index (χ4n) is 1.31. The molecule has 0 unspecified atom stereocenters. The molecule has 0 bridgehead atoms. The van der Waals surface area contributed by atoms with Crippen molar-refractivity contribution in [2.24, 2.45) is 21.7 Å². The second-order valence-electron chi connectivity index (χ2n) is 3.61. The summed E-state index contributed by atoms with van der Waals surface area (Å²) in [5, 5.41) is 12.1. The number of aromatic amines is 1. The van der Waals surface area contributed by atoms with Crippen LogP contribution >= 0.6 is 34.5 Å². The summed E-state index contributed by atoms with van der Waals surface area (Å²) in [5.74, 6) is -0.118. The van der Waals surface area contributed by atoms with E-state index in [4.69, 9.17) is 34.7 Å². The highest BCUT2D eigenvalue weighted by Crippen LogP contribution is 2.27. The van der Waals surface area contributed by atoms with E-state index in [2.05, 4.69) is 20.5 Å². The second-order valence-corrected chi connectivity index (χ2v) is 5.45. The number of rotatable bonds is 4. The lowest BCUT2D eigenvalue weighted by Crippen LogP contribution is -2.21. The predicted molar refractivity (Wildman–Crippen MR) is 84.0 cm³/mol. The number of nitrogens with two attached hydrogens (primary N) is 2. The van der Waals surface area contributed by atoms with Crippen LogP contribution in [-0.2, 0) is 0 Å². The fraction of sp³-hybridized carbons (Fsp3) is 0. The number of hydrogen-bond donors (Lipinski definition) is 3. The van der Waals surface area contributed by atoms with Gasteiger partial charge in [0.25, 0.3) is 0 Å². The first-order valence-corrected chi connectivity index (χ1v) is 6.98. The Balaban J connectivity index is 2.17. The van der Waals surface area contributed by atoms with Gasteiger partial charge < -0.3 is 11.5 Å². The van der Waals surface area contributed by atoms with Gasteiger partial charge in [-0.05, 0) is 35.1 Å². The van der Waals surface area contributed by atoms with Crippen LogP contribution in [0.4, 0.5) is 10.8 Å². The Morgan fingerprint density at radius 2 is 2.05 bits per heavy atom. The topological polar surface area (TPSA) is 103 Å². The summed E-state index contributed by atoms with van der Waals surface area (Å²) in [5.41, 5.74) is 11.1. The summed E-state index contributed by atoms with van der Waals surface area (Å²) in [7, 11) is 0. The van der Waals surface area contributed by atoms with E-state index in [-0.39, 0.29) is 5.96 Å². The Labute approximate surface area is 129 Å². The minimum atomic E-state index is -0.118. The Kier molecular flexibility index (Phi) is 4.78. The van der Waals surface area contributed by atoms with Gasteiger partial charge in [-0.3, -0.25) is 0 Å². The summed E-state index contributed by atoms with van der Waals surface area (Å²) >= 11 is 13.5. The van der Waals surface area contributed by atoms with Crippen LogP contribution in [0.5, 0.6) is 0 Å². The van der Waals surface area contributed by atoms with Crippen molar-refractivity contribution in [1.82, 2.24) is 0 Å². The highest BCUT2D eigenvalue weighted by atomic mass is 35.5. The summed E-state index contributed by atoms with van der Waals surface area (Å²) < 4.78 is 0. The van der Waals surface area contributed by atoms with Gasteiger partial charge >= 0.3 is 5.13 Å². The summed E-state index contributed by atoms with van der Waals surface area (Å²) in [4.78, 5) is 3.66. The van der Waals surface area contributed by atoms with Crippen molar-refractivity contribution in [3.8, 4) is 0 Å². The molecule has 0 saturated heterocycles. The molecule has 0 saturated carbocycles. The molecule has 9 heteroatoms. The normalized spacial score (nSPS) is 10.7. The zero-order valence-electron chi connectivity index (χ0n) is 10.1. The van der Waals surface area contributed by atoms with Crippen molar-refractivity contribution in [3.63, 3.8) is 0 Å². The molecule has 0 radical (unpaired) electrons. The molecule has 0 aliphatic carbocycles. The maximum atomic E-state index is 6.06. The van der Waals surface area contributed by atoms with E-state index >= 15 is 0 Å². The van der Waals surface area contributed by atoms with Crippen molar-refractivity contribution in [2.75, 3.05) is 5.32 Å². The minimum Gasteiger partial charge on any atom is -0.369 e. The van der Waals surface area contributed by atoms with Crippen LogP contribution in [0, 0.1) is 0 Å². The third-order valence-corrected chi connectivity index (χ3v) is 3.80. The number of H-pyrrole nitrogens is 1. The van der Waals surface area contributed by atoms with E-state index in [1.54, 1.807) is 6.07 Å². The van der Waals surface area contributed by atoms with Gasteiger partial charge in [0, 0.05) is 0 Å². The first-order chi connectivity index (χ1) is 9.56. The number of hydrogen-bond acceptors (Lipinski definition) is 4. The highest BCUT2D eigenvalue weighted by molar-refractivity contribution is 7.17. The van der Waals surface area contributed by atoms with E-state index in [9.17, 15) is 0 Å². The summed E-state index contributed by atoms with van der Waals surface area (Å²) in [6.07, 6.45) is 1.46. The van der Waals surface area contributed by atoms with Crippen LogP contribution in [0.25, 0.3) is 0 Å². The lowest BCUT2D eigenvalue weighted by Gasteiger charge is -1.96. The van der Waals surface area contributed by atoms with Gasteiger partial charge in [-0.25, -0.2) is 10.3 Å². The average molecular weight is 330 g/mol. The fourth-order valence-corrected chi connectivity index (χ4v) is 2.59. The van der Waals surface area contributed by atoms with Gasteiger partial charge in [0.05, 0.1) is 11.2 Å². The third-order valence-electron chi connectivity index (χ3n) is 2.12. The molecule has 1 aromatic heterocycles. The van der Waals surface area contributed by atoms with E-state index < -0.39 is 0 Å². The summed E-state index contributed by atoms with van der Waals surface area (Å²) in [6, 6.07) is 7.38. The number of nitrogens with zero attached hydrogens (tertiary/aromatic N) is 2. The van der Waals surface area contributed by atoms with Crippen LogP contribution < -0.4 is 21.8 Å². The molecule has 6 nitrogen and oxygen atoms in total. The number of aromatic nitrogens is 1. The molecule has 0 aliphatic heterocycles. The molecule has 0 amide bonds. The van der Waals surface area contributed by atoms with Crippen LogP contribution in [0.2, 0.25) is 10.2 Å². The van der Waals surface area contributed by atoms with E-state index in [1.807, 2.05) is 18.2 Å². The van der Waals surface area contributed by atoms with Crippen molar-refractivity contribution >= 4 is 57.5 Å². The maximum absolute atomic E-state index is 6.06.